The summed E-state index contributed by atoms with van der Waals surface area (Å²) in [6, 6.07) is 13.4. The van der Waals surface area contributed by atoms with E-state index in [0.717, 1.165) is 53.4 Å². The van der Waals surface area contributed by atoms with E-state index in [1.54, 1.807) is 10.8 Å². The summed E-state index contributed by atoms with van der Waals surface area (Å²) in [5, 5.41) is 12.1. The highest BCUT2D eigenvalue weighted by molar-refractivity contribution is 5.76. The van der Waals surface area contributed by atoms with E-state index < -0.39 is 0 Å². The molecule has 5 aromatic rings. The zero-order chi connectivity index (χ0) is 24.9. The first kappa shape index (κ1) is 22.2. The SMILES string of the molecule is Cc1cc(Nc2ncnn3ccc(CN4[C@@H]5CC[C@H]4CC(N)C5)c23)ccc1Oc1ccn2ncnc2c1. The van der Waals surface area contributed by atoms with Crippen LogP contribution in [0.15, 0.2) is 61.4 Å². The number of anilines is 2. The maximum atomic E-state index is 6.30. The molecule has 10 heteroatoms. The molecule has 37 heavy (non-hydrogen) atoms. The number of fused-ring (bicyclic) bond motifs is 4. The molecular formula is C27H29N9O. The van der Waals surface area contributed by atoms with Gasteiger partial charge in [-0.3, -0.25) is 4.90 Å². The first-order chi connectivity index (χ1) is 18.1. The Bertz CT molecular complexity index is 1580. The molecule has 0 saturated carbocycles. The van der Waals surface area contributed by atoms with Gasteiger partial charge < -0.3 is 15.8 Å². The number of piperidine rings is 1. The van der Waals surface area contributed by atoms with Gasteiger partial charge in [-0.05, 0) is 74.1 Å². The molecule has 0 aliphatic carbocycles. The lowest BCUT2D eigenvalue weighted by Gasteiger charge is -2.37. The monoisotopic (exact) mass is 495 g/mol. The van der Waals surface area contributed by atoms with Crippen LogP contribution in [-0.2, 0) is 6.54 Å². The summed E-state index contributed by atoms with van der Waals surface area (Å²) in [5.74, 6) is 2.29. The van der Waals surface area contributed by atoms with Gasteiger partial charge in [0.05, 0.1) is 0 Å². The summed E-state index contributed by atoms with van der Waals surface area (Å²) in [4.78, 5) is 11.5. The van der Waals surface area contributed by atoms with Crippen molar-refractivity contribution < 1.29 is 4.74 Å². The second kappa shape index (κ2) is 8.82. The van der Waals surface area contributed by atoms with Gasteiger partial charge in [-0.1, -0.05) is 0 Å². The van der Waals surface area contributed by atoms with Crippen molar-refractivity contribution in [2.45, 2.75) is 57.3 Å². The molecule has 6 heterocycles. The fourth-order valence-corrected chi connectivity index (χ4v) is 5.97. The predicted molar refractivity (Wildman–Crippen MR) is 140 cm³/mol. The van der Waals surface area contributed by atoms with E-state index in [4.69, 9.17) is 10.5 Å². The molecule has 7 rings (SSSR count). The number of hydrogen-bond donors (Lipinski definition) is 2. The fraction of sp³-hybridized carbons (Fsp3) is 0.333. The van der Waals surface area contributed by atoms with Gasteiger partial charge in [0.25, 0.3) is 0 Å². The molecule has 10 nitrogen and oxygen atoms in total. The summed E-state index contributed by atoms with van der Waals surface area (Å²) in [6.07, 6.45) is 11.6. The summed E-state index contributed by atoms with van der Waals surface area (Å²) >= 11 is 0. The Hall–Kier alpha value is -4.02. The third-order valence-corrected chi connectivity index (χ3v) is 7.73. The number of aryl methyl sites for hydroxylation is 1. The molecule has 2 bridgehead atoms. The van der Waals surface area contributed by atoms with Crippen LogP contribution in [0.4, 0.5) is 11.5 Å². The molecule has 0 spiro atoms. The number of ether oxygens (including phenoxy) is 1. The van der Waals surface area contributed by atoms with Crippen LogP contribution in [0.5, 0.6) is 11.5 Å². The van der Waals surface area contributed by atoms with Crippen molar-refractivity contribution in [3.8, 4) is 11.5 Å². The Morgan fingerprint density at radius 3 is 2.59 bits per heavy atom. The van der Waals surface area contributed by atoms with Gasteiger partial charge in [0, 0.05) is 48.8 Å². The topological polar surface area (TPSA) is 111 Å². The number of aromatic nitrogens is 6. The van der Waals surface area contributed by atoms with Crippen LogP contribution in [0.2, 0.25) is 0 Å². The molecule has 2 fully saturated rings. The maximum absolute atomic E-state index is 6.30. The van der Waals surface area contributed by atoms with Crippen molar-refractivity contribution in [1.29, 1.82) is 0 Å². The largest absolute Gasteiger partial charge is 0.457 e. The third kappa shape index (κ3) is 4.08. The van der Waals surface area contributed by atoms with Gasteiger partial charge >= 0.3 is 0 Å². The minimum Gasteiger partial charge on any atom is -0.457 e. The quantitative estimate of drug-likeness (QED) is 0.363. The van der Waals surface area contributed by atoms with E-state index in [9.17, 15) is 0 Å². The molecule has 1 aromatic carbocycles. The first-order valence-electron chi connectivity index (χ1n) is 12.8. The van der Waals surface area contributed by atoms with Crippen LogP contribution < -0.4 is 15.8 Å². The Morgan fingerprint density at radius 1 is 0.973 bits per heavy atom. The molecule has 1 unspecified atom stereocenters. The normalized spacial score (nSPS) is 21.6. The van der Waals surface area contributed by atoms with Gasteiger partial charge in [0.2, 0.25) is 0 Å². The lowest BCUT2D eigenvalue weighted by molar-refractivity contribution is 0.120. The Morgan fingerprint density at radius 2 is 1.76 bits per heavy atom. The average molecular weight is 496 g/mol. The van der Waals surface area contributed by atoms with Crippen LogP contribution in [0, 0.1) is 6.92 Å². The second-order valence-corrected chi connectivity index (χ2v) is 10.2. The standard InChI is InChI=1S/C27H29N9O/c1-17-10-20(2-5-24(17)37-23-7-9-35-25(13-23)29-15-31-35)33-27-26-18(6-8-36(26)32-16-30-27)14-34-21-3-4-22(34)12-19(28)11-21/h2,5-10,13,15-16,19,21-22H,3-4,11-12,14,28H2,1H3,(H,30,32,33)/t19?,21-,22+. The zero-order valence-corrected chi connectivity index (χ0v) is 20.7. The molecule has 0 amide bonds. The highest BCUT2D eigenvalue weighted by Crippen LogP contribution is 2.37. The lowest BCUT2D eigenvalue weighted by atomic mass is 9.97. The molecule has 2 saturated heterocycles. The summed E-state index contributed by atoms with van der Waals surface area (Å²) in [5.41, 5.74) is 11.2. The van der Waals surface area contributed by atoms with E-state index in [0.29, 0.717) is 23.9 Å². The lowest BCUT2D eigenvalue weighted by Crippen LogP contribution is -2.46. The number of benzene rings is 1. The first-order valence-corrected chi connectivity index (χ1v) is 12.8. The number of rotatable bonds is 6. The number of nitrogens with zero attached hydrogens (tertiary/aromatic N) is 7. The van der Waals surface area contributed by atoms with Crippen molar-refractivity contribution in [3.63, 3.8) is 0 Å². The van der Waals surface area contributed by atoms with Crippen molar-refractivity contribution in [3.05, 3.63) is 72.6 Å². The Kier molecular flexibility index (Phi) is 5.29. The van der Waals surface area contributed by atoms with Gasteiger partial charge in [0.15, 0.2) is 11.5 Å². The molecule has 2 aliphatic rings. The zero-order valence-electron chi connectivity index (χ0n) is 20.7. The number of pyridine rings is 1. The minimum absolute atomic E-state index is 0.334. The van der Waals surface area contributed by atoms with Gasteiger partial charge in [-0.25, -0.2) is 19.0 Å². The summed E-state index contributed by atoms with van der Waals surface area (Å²) in [7, 11) is 0. The second-order valence-electron chi connectivity index (χ2n) is 10.2. The molecular weight excluding hydrogens is 466 g/mol. The van der Waals surface area contributed by atoms with E-state index in [2.05, 4.69) is 42.5 Å². The number of nitrogens with two attached hydrogens (primary N) is 1. The smallest absolute Gasteiger partial charge is 0.158 e. The van der Waals surface area contributed by atoms with Crippen molar-refractivity contribution >= 4 is 22.7 Å². The van der Waals surface area contributed by atoms with Crippen molar-refractivity contribution in [2.24, 2.45) is 5.73 Å². The third-order valence-electron chi connectivity index (χ3n) is 7.73. The van der Waals surface area contributed by atoms with Gasteiger partial charge in [-0.15, -0.1) is 0 Å². The molecule has 188 valence electrons. The summed E-state index contributed by atoms with van der Waals surface area (Å²) in [6.45, 7) is 2.92. The van der Waals surface area contributed by atoms with Crippen LogP contribution in [0.25, 0.3) is 11.2 Å². The van der Waals surface area contributed by atoms with Crippen LogP contribution >= 0.6 is 0 Å². The van der Waals surface area contributed by atoms with E-state index in [-0.39, 0.29) is 0 Å². The van der Waals surface area contributed by atoms with Gasteiger partial charge in [-0.2, -0.15) is 10.2 Å². The molecule has 2 aliphatic heterocycles. The highest BCUT2D eigenvalue weighted by Gasteiger charge is 2.39. The van der Waals surface area contributed by atoms with E-state index >= 15 is 0 Å². The fourth-order valence-electron chi connectivity index (χ4n) is 5.97. The summed E-state index contributed by atoms with van der Waals surface area (Å²) < 4.78 is 9.75. The van der Waals surface area contributed by atoms with Crippen LogP contribution in [0.3, 0.4) is 0 Å². The predicted octanol–water partition coefficient (Wildman–Crippen LogP) is 4.07. The Balaban J connectivity index is 1.13. The highest BCUT2D eigenvalue weighted by atomic mass is 16.5. The molecule has 3 atom stereocenters. The molecule has 0 radical (unpaired) electrons. The van der Waals surface area contributed by atoms with Crippen LogP contribution in [-0.4, -0.2) is 52.2 Å². The maximum Gasteiger partial charge on any atom is 0.158 e. The molecule has 3 N–H and O–H groups in total. The number of hydrogen-bond acceptors (Lipinski definition) is 8. The Labute approximate surface area is 214 Å². The van der Waals surface area contributed by atoms with E-state index in [1.807, 2.05) is 48.1 Å². The van der Waals surface area contributed by atoms with E-state index in [1.165, 1.54) is 24.7 Å². The average Bonchev–Trinajstić information content (AvgIpc) is 3.58. The van der Waals surface area contributed by atoms with Crippen LogP contribution in [0.1, 0.15) is 36.8 Å². The minimum atomic E-state index is 0.334. The number of nitrogens with one attached hydrogen (secondary N) is 1. The van der Waals surface area contributed by atoms with Gasteiger partial charge in [0.1, 0.15) is 29.7 Å². The molecule has 4 aromatic heterocycles. The van der Waals surface area contributed by atoms with Crippen molar-refractivity contribution in [2.75, 3.05) is 5.32 Å². The van der Waals surface area contributed by atoms with Crippen molar-refractivity contribution in [1.82, 2.24) is 34.1 Å².